The molecule has 0 amide bonds. The van der Waals surface area contributed by atoms with Crippen LogP contribution in [0.2, 0.25) is 0 Å². The molecule has 5 aromatic rings. The molecule has 0 spiro atoms. The number of ether oxygens (including phenoxy) is 8. The van der Waals surface area contributed by atoms with Crippen molar-refractivity contribution in [2.75, 3.05) is 19.8 Å². The van der Waals surface area contributed by atoms with Crippen molar-refractivity contribution in [1.29, 1.82) is 0 Å². The maximum atomic E-state index is 14.8. The molecule has 0 radical (unpaired) electrons. The van der Waals surface area contributed by atoms with Crippen molar-refractivity contribution in [2.24, 2.45) is 0 Å². The van der Waals surface area contributed by atoms with Crippen molar-refractivity contribution >= 4 is 35.1 Å². The highest BCUT2D eigenvalue weighted by molar-refractivity contribution is 5.89. The molecule has 3 fully saturated rings. The summed E-state index contributed by atoms with van der Waals surface area (Å²) >= 11 is 0. The third-order valence-electron chi connectivity index (χ3n) is 12.7. The maximum absolute atomic E-state index is 14.8. The van der Waals surface area contributed by atoms with Gasteiger partial charge in [0.2, 0.25) is 23.8 Å². The van der Waals surface area contributed by atoms with E-state index in [1.165, 1.54) is 18.2 Å². The van der Waals surface area contributed by atoms with Crippen LogP contribution < -0.4 is 14.9 Å². The van der Waals surface area contributed by atoms with Gasteiger partial charge in [-0.3, -0.25) is 4.79 Å². The Morgan fingerprint density at radius 3 is 1.42 bits per heavy atom. The normalized spacial score (nSPS) is 29.2. The van der Waals surface area contributed by atoms with E-state index in [4.69, 9.17) is 42.3 Å². The predicted octanol–water partition coefficient (Wildman–Crippen LogP) is -1.89. The molecule has 0 aliphatic carbocycles. The Kier molecular flexibility index (Phi) is 17.5. The Morgan fingerprint density at radius 2 is 0.937 bits per heavy atom. The number of carbonyl (C=O) groups excluding carboxylic acids is 2. The minimum atomic E-state index is -2.21. The first-order valence-corrected chi connectivity index (χ1v) is 23.6. The average molecular weight is 1110 g/mol. The number of carbonyl (C=O) groups is 2. The number of fused-ring (bicyclic) bond motifs is 1. The molecule has 4 aromatic carbocycles. The minimum absolute atomic E-state index is 0.182. The third kappa shape index (κ3) is 12.3. The largest absolute Gasteiger partial charge is 0.507 e. The van der Waals surface area contributed by atoms with Crippen molar-refractivity contribution in [3.63, 3.8) is 0 Å². The first-order chi connectivity index (χ1) is 37.6. The SMILES string of the molecule is O=C(/C=C/c1ccc(O)c(O)c1)O[C@H]1[C@H](Oc2cc(O)c3c(=O)c(O[C@@H]4O[C@H](CO)[C@@H](O)[C@H](O)[C@H]4O[C@@H]4O[C@H](CO)[C@@H](O)[C@H](O)[C@H]4OC(=O)/C=C/c4ccc(O)c(O)c4)c(-c4ccc(O)c(O)c4)oc3c2)O[C@H](CO)[C@@H](O)[C@@H]1O. The molecule has 3 saturated heterocycles. The number of aliphatic hydroxyl groups excluding tert-OH is 9. The fourth-order valence-electron chi connectivity index (χ4n) is 8.52. The first kappa shape index (κ1) is 57.4. The fraction of sp³-hybridized carbons (Fsp3) is 0.353. The quantitative estimate of drug-likeness (QED) is 0.0292. The third-order valence-corrected chi connectivity index (χ3v) is 12.7. The van der Waals surface area contributed by atoms with Crippen LogP contribution in [0.15, 0.2) is 88.1 Å². The van der Waals surface area contributed by atoms with Crippen molar-refractivity contribution in [3.05, 3.63) is 100 Å². The molecule has 424 valence electrons. The zero-order valence-corrected chi connectivity index (χ0v) is 40.5. The summed E-state index contributed by atoms with van der Waals surface area (Å²) in [5.41, 5.74) is -1.69. The smallest absolute Gasteiger partial charge is 0.331 e. The summed E-state index contributed by atoms with van der Waals surface area (Å²) in [4.78, 5) is 41.0. The van der Waals surface area contributed by atoms with Crippen molar-refractivity contribution < 1.29 is 134 Å². The van der Waals surface area contributed by atoms with Crippen LogP contribution in [0.5, 0.6) is 51.7 Å². The van der Waals surface area contributed by atoms with E-state index in [2.05, 4.69) is 0 Å². The molecule has 4 heterocycles. The van der Waals surface area contributed by atoms with Gasteiger partial charge >= 0.3 is 11.9 Å². The molecule has 1 aromatic heterocycles. The number of aliphatic hydroxyl groups is 9. The van der Waals surface area contributed by atoms with E-state index in [0.717, 1.165) is 72.8 Å². The second-order valence-electron chi connectivity index (χ2n) is 18.0. The van der Waals surface area contributed by atoms with Crippen LogP contribution in [0.4, 0.5) is 0 Å². The number of aromatic hydroxyl groups is 7. The summed E-state index contributed by atoms with van der Waals surface area (Å²) < 4.78 is 51.9. The van der Waals surface area contributed by atoms with E-state index >= 15 is 0 Å². The lowest BCUT2D eigenvalue weighted by Crippen LogP contribution is -2.65. The van der Waals surface area contributed by atoms with Gasteiger partial charge in [-0.15, -0.1) is 0 Å². The van der Waals surface area contributed by atoms with Crippen LogP contribution in [0, 0.1) is 0 Å². The molecule has 79 heavy (non-hydrogen) atoms. The zero-order chi connectivity index (χ0) is 57.1. The van der Waals surface area contributed by atoms with E-state index in [0.29, 0.717) is 0 Å². The molecule has 28 nitrogen and oxygen atoms in total. The summed E-state index contributed by atoms with van der Waals surface area (Å²) in [6.07, 6.45) is -25.5. The van der Waals surface area contributed by atoms with Gasteiger partial charge < -0.3 is 124 Å². The van der Waals surface area contributed by atoms with Crippen LogP contribution >= 0.6 is 0 Å². The fourth-order valence-corrected chi connectivity index (χ4v) is 8.52. The van der Waals surface area contributed by atoms with Gasteiger partial charge in [0.1, 0.15) is 77.4 Å². The van der Waals surface area contributed by atoms with E-state index < -0.39 is 198 Å². The molecular formula is C51H52O28. The second-order valence-corrected chi connectivity index (χ2v) is 18.0. The minimum Gasteiger partial charge on any atom is -0.507 e. The number of esters is 2. The molecule has 3 aliphatic rings. The summed E-state index contributed by atoms with van der Waals surface area (Å²) in [7, 11) is 0. The topological polar surface area (TPSA) is 462 Å². The Hall–Kier alpha value is -7.81. The number of phenolic OH excluding ortho intramolecular Hbond substituents is 7. The molecule has 8 rings (SSSR count). The molecule has 15 atom stereocenters. The Morgan fingerprint density at radius 1 is 0.494 bits per heavy atom. The molecular weight excluding hydrogens is 1060 g/mol. The van der Waals surface area contributed by atoms with E-state index in [1.807, 2.05) is 0 Å². The summed E-state index contributed by atoms with van der Waals surface area (Å²) in [6.45, 7) is -2.91. The van der Waals surface area contributed by atoms with Crippen molar-refractivity contribution in [1.82, 2.24) is 0 Å². The highest BCUT2D eigenvalue weighted by Gasteiger charge is 2.53. The second kappa shape index (κ2) is 24.1. The van der Waals surface area contributed by atoms with Gasteiger partial charge in [-0.2, -0.15) is 0 Å². The Bertz CT molecular complexity index is 3140. The summed E-state index contributed by atoms with van der Waals surface area (Å²) in [5.74, 6) is -8.79. The molecule has 0 unspecified atom stereocenters. The number of hydrogen-bond acceptors (Lipinski definition) is 28. The molecule has 0 saturated carbocycles. The number of benzene rings is 4. The summed E-state index contributed by atoms with van der Waals surface area (Å²) in [5, 5.41) is 167. The molecule has 0 bridgehead atoms. The number of phenols is 7. The lowest BCUT2D eigenvalue weighted by Gasteiger charge is -2.46. The molecule has 28 heteroatoms. The Balaban J connectivity index is 1.14. The lowest BCUT2D eigenvalue weighted by atomic mass is 9.97. The van der Waals surface area contributed by atoms with Crippen molar-refractivity contribution in [2.45, 2.75) is 92.1 Å². The predicted molar refractivity (Wildman–Crippen MR) is 260 cm³/mol. The van der Waals surface area contributed by atoms with Gasteiger partial charge in [0.25, 0.3) is 0 Å². The van der Waals surface area contributed by atoms with Crippen LogP contribution in [0.1, 0.15) is 11.1 Å². The van der Waals surface area contributed by atoms with Gasteiger partial charge in [-0.1, -0.05) is 12.1 Å². The molecule has 16 N–H and O–H groups in total. The van der Waals surface area contributed by atoms with Crippen LogP contribution in [0.3, 0.4) is 0 Å². The van der Waals surface area contributed by atoms with Gasteiger partial charge in [-0.25, -0.2) is 9.59 Å². The average Bonchev–Trinajstić information content (AvgIpc) is 3.57. The zero-order valence-electron chi connectivity index (χ0n) is 40.5. The van der Waals surface area contributed by atoms with E-state index in [-0.39, 0.29) is 16.7 Å². The van der Waals surface area contributed by atoms with Crippen LogP contribution in [-0.4, -0.2) is 206 Å². The monoisotopic (exact) mass is 1110 g/mol. The van der Waals surface area contributed by atoms with Gasteiger partial charge in [-0.05, 0) is 65.7 Å². The maximum Gasteiger partial charge on any atom is 0.331 e. The first-order valence-electron chi connectivity index (χ1n) is 23.6. The number of rotatable bonds is 16. The standard InChI is InChI=1S/C51H52O28/c52-16-31-37(64)41(68)46(76-34(62)9-3-19-1-6-23(55)26(58)11-19)49(73-31)71-22-14-29(61)36-30(15-22)72-44(21-5-8-25(57)28(60)13-21)45(40(36)67)78-51-48(43(70)39(66)33(18-54)75-51)79-50-47(42(69)38(65)32(17-53)74-50)77-35(63)10-4-20-2-7-24(56)27(59)12-20/h1-15,31-33,37-39,41-43,46-61,64-66,68-70H,16-18H2/b9-3+,10-4+/t31-,32-,33-,37-,38-,39-,41+,42+,43+,46-,47-,48-,49-,50+,51+/m1/s1. The molecule has 3 aliphatic heterocycles. The highest BCUT2D eigenvalue weighted by atomic mass is 16.8. The van der Waals surface area contributed by atoms with Crippen LogP contribution in [0.25, 0.3) is 34.4 Å². The van der Waals surface area contributed by atoms with Gasteiger partial charge in [0.05, 0.1) is 19.8 Å². The highest BCUT2D eigenvalue weighted by Crippen LogP contribution is 2.41. The number of hydrogen-bond donors (Lipinski definition) is 16. The van der Waals surface area contributed by atoms with Crippen LogP contribution in [-0.2, 0) is 38.0 Å². The van der Waals surface area contributed by atoms with E-state index in [1.54, 1.807) is 0 Å². The Labute approximate surface area is 443 Å². The lowest BCUT2D eigenvalue weighted by molar-refractivity contribution is -0.358. The van der Waals surface area contributed by atoms with Gasteiger partial charge in [0, 0.05) is 29.8 Å². The van der Waals surface area contributed by atoms with Crippen molar-refractivity contribution in [3.8, 4) is 63.1 Å². The van der Waals surface area contributed by atoms with Gasteiger partial charge in [0.15, 0.2) is 64.9 Å². The van der Waals surface area contributed by atoms with E-state index in [9.17, 15) is 96.1 Å². The summed E-state index contributed by atoms with van der Waals surface area (Å²) in [6, 6.07) is 11.9.